The van der Waals surface area contributed by atoms with Gasteiger partial charge in [-0.2, -0.15) is 0 Å². The first kappa shape index (κ1) is 16.6. The molecule has 19 heavy (non-hydrogen) atoms. The quantitative estimate of drug-likeness (QED) is 0.921. The first-order chi connectivity index (χ1) is 8.56. The number of carboxylic acid groups (broad SMARTS) is 1. The minimum atomic E-state index is -0.707. The van der Waals surface area contributed by atoms with Crippen molar-refractivity contribution in [3.8, 4) is 0 Å². The monoisotopic (exact) mass is 323 g/mol. The number of carbonyl (C=O) groups is 1. The molecule has 1 aromatic rings. The molecule has 1 atom stereocenters. The standard InChI is InChI=1S/C13H15Cl2NO2.ClH/c14-11-4-3-9(12(15)6-11)7-16-5-1-2-10(8-16)13(17)18;/h3-4,6,10H,1-2,5,7-8H2,(H,17,18);1H. The molecule has 1 heterocycles. The molecule has 1 saturated heterocycles. The molecule has 2 rings (SSSR count). The number of piperidine rings is 1. The Hall–Kier alpha value is -0.480. The molecule has 1 aliphatic rings. The summed E-state index contributed by atoms with van der Waals surface area (Å²) >= 11 is 12.0. The van der Waals surface area contributed by atoms with Crippen LogP contribution in [-0.4, -0.2) is 29.1 Å². The second kappa shape index (κ2) is 7.34. The van der Waals surface area contributed by atoms with Crippen LogP contribution in [0.5, 0.6) is 0 Å². The van der Waals surface area contributed by atoms with Gasteiger partial charge >= 0.3 is 5.97 Å². The van der Waals surface area contributed by atoms with Gasteiger partial charge in [-0.15, -0.1) is 12.4 Å². The van der Waals surface area contributed by atoms with Crippen LogP contribution < -0.4 is 0 Å². The summed E-state index contributed by atoms with van der Waals surface area (Å²) in [5.74, 6) is -0.966. The lowest BCUT2D eigenvalue weighted by Crippen LogP contribution is -2.38. The highest BCUT2D eigenvalue weighted by atomic mass is 35.5. The highest BCUT2D eigenvalue weighted by molar-refractivity contribution is 6.35. The Balaban J connectivity index is 0.00000180. The van der Waals surface area contributed by atoms with Crippen LogP contribution in [0, 0.1) is 5.92 Å². The number of carboxylic acids is 1. The molecule has 0 spiro atoms. The van der Waals surface area contributed by atoms with Crippen molar-refractivity contribution >= 4 is 41.6 Å². The third-order valence-corrected chi connectivity index (χ3v) is 3.85. The number of benzene rings is 1. The smallest absolute Gasteiger partial charge is 0.307 e. The van der Waals surface area contributed by atoms with E-state index < -0.39 is 5.97 Å². The van der Waals surface area contributed by atoms with Crippen molar-refractivity contribution in [3.05, 3.63) is 33.8 Å². The van der Waals surface area contributed by atoms with E-state index in [1.54, 1.807) is 12.1 Å². The van der Waals surface area contributed by atoms with Gasteiger partial charge in [0.25, 0.3) is 0 Å². The Morgan fingerprint density at radius 3 is 2.79 bits per heavy atom. The van der Waals surface area contributed by atoms with Gasteiger partial charge in [-0.3, -0.25) is 9.69 Å². The summed E-state index contributed by atoms with van der Waals surface area (Å²) in [6, 6.07) is 5.42. The second-order valence-corrected chi connectivity index (χ2v) is 5.49. The first-order valence-electron chi connectivity index (χ1n) is 5.95. The summed E-state index contributed by atoms with van der Waals surface area (Å²) in [6.07, 6.45) is 1.68. The molecule has 1 aromatic carbocycles. The number of halogens is 3. The van der Waals surface area contributed by atoms with E-state index in [2.05, 4.69) is 4.90 Å². The van der Waals surface area contributed by atoms with E-state index in [0.717, 1.165) is 24.9 Å². The van der Waals surface area contributed by atoms with E-state index >= 15 is 0 Å². The lowest BCUT2D eigenvalue weighted by molar-refractivity contribution is -0.143. The van der Waals surface area contributed by atoms with Crippen LogP contribution in [0.1, 0.15) is 18.4 Å². The number of likely N-dealkylation sites (tertiary alicyclic amines) is 1. The molecule has 0 saturated carbocycles. The van der Waals surface area contributed by atoms with Crippen molar-refractivity contribution in [1.29, 1.82) is 0 Å². The maximum atomic E-state index is 11.0. The van der Waals surface area contributed by atoms with Gasteiger partial charge in [-0.25, -0.2) is 0 Å². The van der Waals surface area contributed by atoms with E-state index in [4.69, 9.17) is 28.3 Å². The van der Waals surface area contributed by atoms with Crippen LogP contribution >= 0.6 is 35.6 Å². The van der Waals surface area contributed by atoms with Gasteiger partial charge in [0, 0.05) is 23.1 Å². The Kier molecular flexibility index (Phi) is 6.40. The largest absolute Gasteiger partial charge is 0.481 e. The van der Waals surface area contributed by atoms with Crippen LogP contribution in [0.3, 0.4) is 0 Å². The first-order valence-corrected chi connectivity index (χ1v) is 6.71. The molecule has 6 heteroatoms. The number of aliphatic carboxylic acids is 1. The molecule has 3 nitrogen and oxygen atoms in total. The average Bonchev–Trinajstić information content (AvgIpc) is 2.33. The molecular formula is C13H16Cl3NO2. The molecule has 0 radical (unpaired) electrons. The van der Waals surface area contributed by atoms with Crippen molar-refractivity contribution in [3.63, 3.8) is 0 Å². The Bertz CT molecular complexity index is 454. The Morgan fingerprint density at radius 1 is 1.42 bits per heavy atom. The second-order valence-electron chi connectivity index (χ2n) is 4.65. The lowest BCUT2D eigenvalue weighted by atomic mass is 9.98. The van der Waals surface area contributed by atoms with Crippen LogP contribution in [0.15, 0.2) is 18.2 Å². The van der Waals surface area contributed by atoms with Crippen molar-refractivity contribution in [2.24, 2.45) is 5.92 Å². The third-order valence-electron chi connectivity index (χ3n) is 3.26. The number of hydrogen-bond donors (Lipinski definition) is 1. The Labute approximate surface area is 128 Å². The highest BCUT2D eigenvalue weighted by Crippen LogP contribution is 2.24. The predicted octanol–water partition coefficient (Wildman–Crippen LogP) is 3.71. The summed E-state index contributed by atoms with van der Waals surface area (Å²) in [5, 5.41) is 10.3. The molecule has 0 aromatic heterocycles. The molecule has 1 N–H and O–H groups in total. The topological polar surface area (TPSA) is 40.5 Å². The van der Waals surface area contributed by atoms with Crippen LogP contribution in [0.2, 0.25) is 10.0 Å². The summed E-state index contributed by atoms with van der Waals surface area (Å²) in [4.78, 5) is 13.1. The SMILES string of the molecule is Cl.O=C(O)C1CCCN(Cc2ccc(Cl)cc2Cl)C1. The van der Waals surface area contributed by atoms with E-state index in [1.807, 2.05) is 6.07 Å². The van der Waals surface area contributed by atoms with Gasteiger partial charge in [0.05, 0.1) is 5.92 Å². The molecular weight excluding hydrogens is 309 g/mol. The van der Waals surface area contributed by atoms with Crippen LogP contribution in [0.25, 0.3) is 0 Å². The van der Waals surface area contributed by atoms with Gasteiger partial charge in [0.1, 0.15) is 0 Å². The van der Waals surface area contributed by atoms with Gasteiger partial charge in [0.15, 0.2) is 0 Å². The molecule has 0 bridgehead atoms. The molecule has 0 aliphatic carbocycles. The van der Waals surface area contributed by atoms with Gasteiger partial charge in [-0.1, -0.05) is 29.3 Å². The number of hydrogen-bond acceptors (Lipinski definition) is 2. The van der Waals surface area contributed by atoms with Gasteiger partial charge in [-0.05, 0) is 37.1 Å². The lowest BCUT2D eigenvalue weighted by Gasteiger charge is -2.30. The van der Waals surface area contributed by atoms with E-state index in [1.165, 1.54) is 0 Å². The van der Waals surface area contributed by atoms with Crippen LogP contribution in [0.4, 0.5) is 0 Å². The fourth-order valence-electron chi connectivity index (χ4n) is 2.29. The van der Waals surface area contributed by atoms with Crippen molar-refractivity contribution in [2.75, 3.05) is 13.1 Å². The normalized spacial score (nSPS) is 19.8. The molecule has 0 amide bonds. The van der Waals surface area contributed by atoms with Crippen molar-refractivity contribution < 1.29 is 9.90 Å². The zero-order valence-electron chi connectivity index (χ0n) is 10.3. The number of nitrogens with zero attached hydrogens (tertiary/aromatic N) is 1. The van der Waals surface area contributed by atoms with Crippen LogP contribution in [-0.2, 0) is 11.3 Å². The average molecular weight is 325 g/mol. The fourth-order valence-corrected chi connectivity index (χ4v) is 2.76. The Morgan fingerprint density at radius 2 is 2.16 bits per heavy atom. The van der Waals surface area contributed by atoms with Crippen molar-refractivity contribution in [2.45, 2.75) is 19.4 Å². The van der Waals surface area contributed by atoms with E-state index in [-0.39, 0.29) is 18.3 Å². The number of rotatable bonds is 3. The minimum Gasteiger partial charge on any atom is -0.481 e. The fraction of sp³-hybridized carbons (Fsp3) is 0.462. The van der Waals surface area contributed by atoms with Crippen molar-refractivity contribution in [1.82, 2.24) is 4.90 Å². The molecule has 1 unspecified atom stereocenters. The third kappa shape index (κ3) is 4.53. The van der Waals surface area contributed by atoms with E-state index in [0.29, 0.717) is 23.1 Å². The molecule has 1 fully saturated rings. The maximum Gasteiger partial charge on any atom is 0.307 e. The zero-order chi connectivity index (χ0) is 13.1. The maximum absolute atomic E-state index is 11.0. The zero-order valence-corrected chi connectivity index (χ0v) is 12.6. The minimum absolute atomic E-state index is 0. The van der Waals surface area contributed by atoms with E-state index in [9.17, 15) is 4.79 Å². The highest BCUT2D eigenvalue weighted by Gasteiger charge is 2.25. The molecule has 106 valence electrons. The summed E-state index contributed by atoms with van der Waals surface area (Å²) in [7, 11) is 0. The summed E-state index contributed by atoms with van der Waals surface area (Å²) in [6.45, 7) is 2.19. The summed E-state index contributed by atoms with van der Waals surface area (Å²) in [5.41, 5.74) is 0.993. The van der Waals surface area contributed by atoms with Gasteiger partial charge < -0.3 is 5.11 Å². The molecule has 1 aliphatic heterocycles. The summed E-state index contributed by atoms with van der Waals surface area (Å²) < 4.78 is 0. The predicted molar refractivity (Wildman–Crippen MR) is 79.3 cm³/mol. The van der Waals surface area contributed by atoms with Gasteiger partial charge in [0.2, 0.25) is 0 Å².